The van der Waals surface area contributed by atoms with Crippen molar-refractivity contribution in [3.63, 3.8) is 0 Å². The minimum absolute atomic E-state index is 0.108. The van der Waals surface area contributed by atoms with Crippen LogP contribution < -0.4 is 5.32 Å². The molecule has 4 heteroatoms. The molecule has 0 bridgehead atoms. The van der Waals surface area contributed by atoms with Gasteiger partial charge in [-0.2, -0.15) is 0 Å². The van der Waals surface area contributed by atoms with Crippen molar-refractivity contribution in [2.75, 3.05) is 11.9 Å². The number of benzene rings is 1. The molecule has 1 atom stereocenters. The molecule has 0 saturated carbocycles. The van der Waals surface area contributed by atoms with Gasteiger partial charge in [0.05, 0.1) is 5.92 Å². The number of esters is 1. The van der Waals surface area contributed by atoms with E-state index in [0.29, 0.717) is 6.42 Å². The highest BCUT2D eigenvalue weighted by Crippen LogP contribution is 2.20. The molecule has 0 fully saturated rings. The first kappa shape index (κ1) is 15.3. The van der Waals surface area contributed by atoms with E-state index in [2.05, 4.69) is 11.4 Å². The monoisotopic (exact) mass is 287 g/mol. The minimum atomic E-state index is -0.302. The summed E-state index contributed by atoms with van der Waals surface area (Å²) in [6, 6.07) is 5.72. The van der Waals surface area contributed by atoms with Crippen LogP contribution in [0.4, 0.5) is 5.69 Å². The fourth-order valence-corrected chi connectivity index (χ4v) is 2.34. The predicted molar refractivity (Wildman–Crippen MR) is 82.0 cm³/mol. The highest BCUT2D eigenvalue weighted by atomic mass is 16.5. The third-order valence-corrected chi connectivity index (χ3v) is 3.83. The summed E-state index contributed by atoms with van der Waals surface area (Å²) in [6.07, 6.45) is 6.46. The SMILES string of the molecule is Cc1cccc(NC(=O)COC(=O)[C@@H]2CC=CCC2)c1C. The van der Waals surface area contributed by atoms with Crippen molar-refractivity contribution in [2.45, 2.75) is 33.1 Å². The van der Waals surface area contributed by atoms with Gasteiger partial charge in [-0.05, 0) is 50.3 Å². The fourth-order valence-electron chi connectivity index (χ4n) is 2.34. The van der Waals surface area contributed by atoms with E-state index in [1.807, 2.05) is 38.1 Å². The lowest BCUT2D eigenvalue weighted by atomic mass is 9.95. The van der Waals surface area contributed by atoms with Gasteiger partial charge in [0.15, 0.2) is 6.61 Å². The highest BCUT2D eigenvalue weighted by molar-refractivity contribution is 5.93. The fraction of sp³-hybridized carbons (Fsp3) is 0.412. The molecule has 1 N–H and O–H groups in total. The van der Waals surface area contributed by atoms with Gasteiger partial charge in [0, 0.05) is 5.69 Å². The van der Waals surface area contributed by atoms with E-state index in [1.165, 1.54) is 0 Å². The zero-order chi connectivity index (χ0) is 15.2. The van der Waals surface area contributed by atoms with Crippen molar-refractivity contribution >= 4 is 17.6 Å². The first-order valence-corrected chi connectivity index (χ1v) is 7.25. The largest absolute Gasteiger partial charge is 0.455 e. The molecule has 1 aliphatic rings. The average molecular weight is 287 g/mol. The summed E-state index contributed by atoms with van der Waals surface area (Å²) in [5, 5.41) is 2.78. The molecule has 0 unspecified atom stereocenters. The lowest BCUT2D eigenvalue weighted by molar-refractivity contribution is -0.151. The highest BCUT2D eigenvalue weighted by Gasteiger charge is 2.21. The Bertz CT molecular complexity index is 563. The molecule has 21 heavy (non-hydrogen) atoms. The summed E-state index contributed by atoms with van der Waals surface area (Å²) in [7, 11) is 0. The molecule has 1 aromatic carbocycles. The Hall–Kier alpha value is -2.10. The van der Waals surface area contributed by atoms with Gasteiger partial charge in [-0.15, -0.1) is 0 Å². The van der Waals surface area contributed by atoms with Crippen LogP contribution >= 0.6 is 0 Å². The topological polar surface area (TPSA) is 55.4 Å². The Labute approximate surface area is 125 Å². The number of hydrogen-bond acceptors (Lipinski definition) is 3. The molecule has 112 valence electrons. The number of amides is 1. The maximum atomic E-state index is 11.9. The van der Waals surface area contributed by atoms with Gasteiger partial charge in [0.2, 0.25) is 0 Å². The number of nitrogens with one attached hydrogen (secondary N) is 1. The Kier molecular flexibility index (Phi) is 5.14. The number of carbonyl (C=O) groups excluding carboxylic acids is 2. The average Bonchev–Trinajstić information content (AvgIpc) is 2.50. The van der Waals surface area contributed by atoms with Gasteiger partial charge in [-0.25, -0.2) is 0 Å². The molecular formula is C17H21NO3. The number of ether oxygens (including phenoxy) is 1. The standard InChI is InChI=1S/C17H21NO3/c1-12-7-6-10-15(13(12)2)18-16(19)11-21-17(20)14-8-4-3-5-9-14/h3-4,6-7,10,14H,5,8-9,11H2,1-2H3,(H,18,19)/t14-/m1/s1. The van der Waals surface area contributed by atoms with Crippen molar-refractivity contribution in [2.24, 2.45) is 5.92 Å². The van der Waals surface area contributed by atoms with Crippen molar-refractivity contribution < 1.29 is 14.3 Å². The maximum Gasteiger partial charge on any atom is 0.309 e. The van der Waals surface area contributed by atoms with Crippen LogP contribution in [0.1, 0.15) is 30.4 Å². The molecule has 0 heterocycles. The van der Waals surface area contributed by atoms with Crippen LogP contribution in [0, 0.1) is 19.8 Å². The quantitative estimate of drug-likeness (QED) is 0.683. The molecule has 1 aromatic rings. The summed E-state index contributed by atoms with van der Waals surface area (Å²) >= 11 is 0. The van der Waals surface area contributed by atoms with Crippen LogP contribution in [-0.2, 0) is 14.3 Å². The minimum Gasteiger partial charge on any atom is -0.455 e. The molecule has 2 rings (SSSR count). The van der Waals surface area contributed by atoms with Crippen molar-refractivity contribution in [3.05, 3.63) is 41.5 Å². The molecule has 0 aliphatic heterocycles. The molecule has 0 spiro atoms. The number of carbonyl (C=O) groups is 2. The molecule has 0 radical (unpaired) electrons. The summed E-state index contributed by atoms with van der Waals surface area (Å²) in [6.45, 7) is 3.71. The zero-order valence-corrected chi connectivity index (χ0v) is 12.5. The van der Waals surface area contributed by atoms with Crippen LogP contribution in [0.25, 0.3) is 0 Å². The third-order valence-electron chi connectivity index (χ3n) is 3.83. The Morgan fingerprint density at radius 2 is 2.10 bits per heavy atom. The van der Waals surface area contributed by atoms with Gasteiger partial charge in [-0.3, -0.25) is 9.59 Å². The van der Waals surface area contributed by atoms with Crippen LogP contribution in [-0.4, -0.2) is 18.5 Å². The summed E-state index contributed by atoms with van der Waals surface area (Å²) in [5.41, 5.74) is 2.89. The molecular weight excluding hydrogens is 266 g/mol. The lowest BCUT2D eigenvalue weighted by Crippen LogP contribution is -2.25. The van der Waals surface area contributed by atoms with E-state index >= 15 is 0 Å². The smallest absolute Gasteiger partial charge is 0.309 e. The van der Waals surface area contributed by atoms with E-state index < -0.39 is 0 Å². The molecule has 1 aliphatic carbocycles. The second kappa shape index (κ2) is 7.07. The van der Waals surface area contributed by atoms with Gasteiger partial charge in [0.1, 0.15) is 0 Å². The summed E-state index contributed by atoms with van der Waals surface area (Å²) in [4.78, 5) is 23.7. The van der Waals surface area contributed by atoms with Gasteiger partial charge in [0.25, 0.3) is 5.91 Å². The number of rotatable bonds is 4. The van der Waals surface area contributed by atoms with Crippen LogP contribution in [0.15, 0.2) is 30.4 Å². The van der Waals surface area contributed by atoms with Crippen LogP contribution in [0.3, 0.4) is 0 Å². The summed E-state index contributed by atoms with van der Waals surface area (Å²) < 4.78 is 5.10. The van der Waals surface area contributed by atoms with Gasteiger partial charge >= 0.3 is 5.97 Å². The number of allylic oxidation sites excluding steroid dienone is 2. The van der Waals surface area contributed by atoms with Gasteiger partial charge < -0.3 is 10.1 Å². The number of anilines is 1. The van der Waals surface area contributed by atoms with Crippen LogP contribution in [0.5, 0.6) is 0 Å². The Morgan fingerprint density at radius 3 is 2.81 bits per heavy atom. The van der Waals surface area contributed by atoms with Crippen molar-refractivity contribution in [1.29, 1.82) is 0 Å². The van der Waals surface area contributed by atoms with E-state index in [1.54, 1.807) is 0 Å². The second-order valence-electron chi connectivity index (χ2n) is 5.38. The number of hydrogen-bond donors (Lipinski definition) is 1. The third kappa shape index (κ3) is 4.18. The van der Waals surface area contributed by atoms with Crippen LogP contribution in [0.2, 0.25) is 0 Å². The number of aryl methyl sites for hydroxylation is 1. The Morgan fingerprint density at radius 1 is 1.29 bits per heavy atom. The van der Waals surface area contributed by atoms with E-state index in [9.17, 15) is 9.59 Å². The molecule has 1 amide bonds. The second-order valence-corrected chi connectivity index (χ2v) is 5.38. The first-order chi connectivity index (χ1) is 10.1. The Balaban J connectivity index is 1.83. The lowest BCUT2D eigenvalue weighted by Gasteiger charge is -2.16. The molecule has 4 nitrogen and oxygen atoms in total. The predicted octanol–water partition coefficient (Wildman–Crippen LogP) is 3.14. The summed E-state index contributed by atoms with van der Waals surface area (Å²) in [5.74, 6) is -0.692. The zero-order valence-electron chi connectivity index (χ0n) is 12.5. The maximum absolute atomic E-state index is 11.9. The first-order valence-electron chi connectivity index (χ1n) is 7.25. The molecule has 0 aromatic heterocycles. The van der Waals surface area contributed by atoms with E-state index in [-0.39, 0.29) is 24.4 Å². The van der Waals surface area contributed by atoms with Gasteiger partial charge in [-0.1, -0.05) is 24.3 Å². The van der Waals surface area contributed by atoms with Crippen molar-refractivity contribution in [1.82, 2.24) is 0 Å². The van der Waals surface area contributed by atoms with Crippen molar-refractivity contribution in [3.8, 4) is 0 Å². The van der Waals surface area contributed by atoms with E-state index in [0.717, 1.165) is 29.7 Å². The normalized spacial score (nSPS) is 17.3. The molecule has 0 saturated heterocycles. The van der Waals surface area contributed by atoms with E-state index in [4.69, 9.17) is 4.74 Å².